The number of halogens is 4. The normalized spacial score (nSPS) is 14.8. The maximum atomic E-state index is 14.3. The molecule has 4 aromatic rings. The van der Waals surface area contributed by atoms with Crippen LogP contribution < -0.4 is 26.4 Å². The molecule has 4 amide bonds. The van der Waals surface area contributed by atoms with Crippen molar-refractivity contribution >= 4 is 63.8 Å². The summed E-state index contributed by atoms with van der Waals surface area (Å²) >= 11 is 6.13. The second kappa shape index (κ2) is 17.5. The van der Waals surface area contributed by atoms with Crippen LogP contribution in [-0.4, -0.2) is 99.4 Å². The Morgan fingerprint density at radius 3 is 2.39 bits per heavy atom. The standard InChI is InChI=1S/C39H43ClF3N9O7/c1-5-29-32(50-15-13-49(14-16-50)31(54)21-44-34(55)24-7-6-8-26(19-24)45-37(57)59-38(2,3)4)35(56)52-36(47-33(48-52)23-11-17-58-18-12-23)51(29)22-30(53)46-28-10-9-25(20-27(28)40)39(41,42)43/h6-11,19-20H,5,12-18,21-22H2,1-4H3,(H,44,55)(H,45,57)(H,46,53). The van der Waals surface area contributed by atoms with E-state index in [1.165, 1.54) is 6.07 Å². The van der Waals surface area contributed by atoms with Gasteiger partial charge in [-0.05, 0) is 75.6 Å². The van der Waals surface area contributed by atoms with Gasteiger partial charge in [0.2, 0.25) is 17.6 Å². The summed E-state index contributed by atoms with van der Waals surface area (Å²) in [7, 11) is 0. The van der Waals surface area contributed by atoms with Crippen LogP contribution in [0.2, 0.25) is 5.02 Å². The van der Waals surface area contributed by atoms with Crippen molar-refractivity contribution < 1.29 is 41.8 Å². The van der Waals surface area contributed by atoms with Crippen molar-refractivity contribution in [2.75, 3.05) is 61.5 Å². The molecule has 2 aliphatic rings. The van der Waals surface area contributed by atoms with Crippen molar-refractivity contribution in [3.05, 3.63) is 86.6 Å². The molecule has 1 fully saturated rings. The van der Waals surface area contributed by atoms with Crippen molar-refractivity contribution in [1.82, 2.24) is 29.4 Å². The van der Waals surface area contributed by atoms with Gasteiger partial charge in [-0.1, -0.05) is 30.7 Å². The van der Waals surface area contributed by atoms with E-state index >= 15 is 0 Å². The number of aromatic nitrogens is 4. The quantitative estimate of drug-likeness (QED) is 0.197. The lowest BCUT2D eigenvalue weighted by atomic mass is 10.1. The summed E-state index contributed by atoms with van der Waals surface area (Å²) in [5.74, 6) is -1.15. The van der Waals surface area contributed by atoms with E-state index in [9.17, 15) is 37.1 Å². The average molecular weight is 842 g/mol. The van der Waals surface area contributed by atoms with Gasteiger partial charge >= 0.3 is 12.3 Å². The van der Waals surface area contributed by atoms with Crippen molar-refractivity contribution in [1.29, 1.82) is 0 Å². The molecule has 0 aliphatic carbocycles. The SMILES string of the molecule is CCc1c(N2CCN(C(=O)CNC(=O)c3cccc(NC(=O)OC(C)(C)C)c3)CC2)c(=O)n2nc(C3=CCOCC3)nc2n1CC(=O)Nc1ccc(C(F)(F)F)cc1Cl. The van der Waals surface area contributed by atoms with Crippen LogP contribution in [0.4, 0.5) is 35.0 Å². The molecule has 2 aromatic heterocycles. The molecule has 3 N–H and O–H groups in total. The number of rotatable bonds is 10. The number of nitrogens with one attached hydrogen (secondary N) is 3. The number of carbonyl (C=O) groups is 4. The highest BCUT2D eigenvalue weighted by Gasteiger charge is 2.32. The molecule has 0 bridgehead atoms. The fraction of sp³-hybridized carbons (Fsp3) is 0.410. The van der Waals surface area contributed by atoms with E-state index in [4.69, 9.17) is 21.1 Å². The lowest BCUT2D eigenvalue weighted by Gasteiger charge is -2.36. The van der Waals surface area contributed by atoms with Gasteiger partial charge in [-0.15, -0.1) is 5.10 Å². The minimum Gasteiger partial charge on any atom is -0.444 e. The summed E-state index contributed by atoms with van der Waals surface area (Å²) in [6.45, 7) is 7.91. The Morgan fingerprint density at radius 1 is 1.00 bits per heavy atom. The maximum Gasteiger partial charge on any atom is 0.416 e. The Balaban J connectivity index is 1.18. The monoisotopic (exact) mass is 841 g/mol. The molecule has 6 rings (SSSR count). The third kappa shape index (κ3) is 10.2. The molecule has 2 aliphatic heterocycles. The summed E-state index contributed by atoms with van der Waals surface area (Å²) in [4.78, 5) is 74.2. The molecule has 0 unspecified atom stereocenters. The maximum absolute atomic E-state index is 14.3. The number of benzene rings is 2. The zero-order valence-corrected chi connectivity index (χ0v) is 33.5. The Labute approximate surface area is 341 Å². The van der Waals surface area contributed by atoms with E-state index in [1.54, 1.807) is 55.4 Å². The second-order valence-corrected chi connectivity index (χ2v) is 15.1. The topological polar surface area (TPSA) is 182 Å². The van der Waals surface area contributed by atoms with E-state index in [0.29, 0.717) is 31.0 Å². The summed E-state index contributed by atoms with van der Waals surface area (Å²) in [6, 6.07) is 8.79. The number of piperazine rings is 1. The van der Waals surface area contributed by atoms with Gasteiger partial charge in [0.05, 0.1) is 41.7 Å². The van der Waals surface area contributed by atoms with Crippen LogP contribution in [0.25, 0.3) is 11.4 Å². The van der Waals surface area contributed by atoms with Gasteiger partial charge in [0, 0.05) is 37.4 Å². The first-order chi connectivity index (χ1) is 27.9. The molecule has 0 atom stereocenters. The van der Waals surface area contributed by atoms with Crippen LogP contribution >= 0.6 is 11.6 Å². The highest BCUT2D eigenvalue weighted by atomic mass is 35.5. The second-order valence-electron chi connectivity index (χ2n) is 14.7. The van der Waals surface area contributed by atoms with E-state index in [1.807, 2.05) is 11.0 Å². The predicted molar refractivity (Wildman–Crippen MR) is 213 cm³/mol. The number of fused-ring (bicyclic) bond motifs is 1. The van der Waals surface area contributed by atoms with Crippen LogP contribution in [0.15, 0.2) is 53.3 Å². The van der Waals surface area contributed by atoms with Crippen molar-refractivity contribution in [3.63, 3.8) is 0 Å². The minimum atomic E-state index is -4.63. The zero-order chi connectivity index (χ0) is 42.6. The molecule has 59 heavy (non-hydrogen) atoms. The van der Waals surface area contributed by atoms with Gasteiger partial charge < -0.3 is 34.5 Å². The molecule has 20 heteroatoms. The third-order valence-electron chi connectivity index (χ3n) is 9.40. The van der Waals surface area contributed by atoms with Crippen molar-refractivity contribution in [2.45, 2.75) is 58.9 Å². The predicted octanol–water partition coefficient (Wildman–Crippen LogP) is 4.99. The van der Waals surface area contributed by atoms with Gasteiger partial charge in [-0.3, -0.25) is 24.5 Å². The lowest BCUT2D eigenvalue weighted by Crippen LogP contribution is -2.52. The number of amides is 4. The summed E-state index contributed by atoms with van der Waals surface area (Å²) < 4.78 is 53.1. The first-order valence-corrected chi connectivity index (χ1v) is 19.2. The van der Waals surface area contributed by atoms with E-state index in [-0.39, 0.29) is 78.6 Å². The fourth-order valence-corrected chi connectivity index (χ4v) is 6.86. The molecule has 314 valence electrons. The highest BCUT2D eigenvalue weighted by Crippen LogP contribution is 2.34. The third-order valence-corrected chi connectivity index (χ3v) is 9.71. The molecule has 0 saturated carbocycles. The van der Waals surface area contributed by atoms with Gasteiger partial charge in [0.15, 0.2) is 5.82 Å². The van der Waals surface area contributed by atoms with E-state index < -0.39 is 47.4 Å². The summed E-state index contributed by atoms with van der Waals surface area (Å²) in [6.07, 6.45) is -2.72. The molecule has 0 spiro atoms. The molecule has 4 heterocycles. The van der Waals surface area contributed by atoms with Crippen LogP contribution in [0.5, 0.6) is 0 Å². The number of carbonyl (C=O) groups excluding carboxylic acids is 4. The van der Waals surface area contributed by atoms with Crippen molar-refractivity contribution in [3.8, 4) is 0 Å². The zero-order valence-electron chi connectivity index (χ0n) is 32.7. The largest absolute Gasteiger partial charge is 0.444 e. The molecular formula is C39H43ClF3N9O7. The van der Waals surface area contributed by atoms with Crippen LogP contribution in [0, 0.1) is 0 Å². The summed E-state index contributed by atoms with van der Waals surface area (Å²) in [5.41, 5.74) is -0.184. The smallest absolute Gasteiger partial charge is 0.416 e. The number of hydrogen-bond acceptors (Lipinski definition) is 10. The fourth-order valence-electron chi connectivity index (χ4n) is 6.63. The van der Waals surface area contributed by atoms with Gasteiger partial charge in [-0.25, -0.2) is 4.79 Å². The van der Waals surface area contributed by atoms with Gasteiger partial charge in [0.1, 0.15) is 17.8 Å². The first-order valence-electron chi connectivity index (χ1n) is 18.8. The number of nitrogens with zero attached hydrogens (tertiary/aromatic N) is 6. The van der Waals surface area contributed by atoms with Gasteiger partial charge in [0.25, 0.3) is 11.5 Å². The number of alkyl halides is 3. The summed E-state index contributed by atoms with van der Waals surface area (Å²) in [5, 5.41) is 12.0. The Morgan fingerprint density at radius 2 is 1.75 bits per heavy atom. The molecule has 16 nitrogen and oxygen atoms in total. The van der Waals surface area contributed by atoms with Gasteiger partial charge in [-0.2, -0.15) is 22.7 Å². The molecule has 1 saturated heterocycles. The molecular weight excluding hydrogens is 799 g/mol. The average Bonchev–Trinajstić information content (AvgIpc) is 3.64. The van der Waals surface area contributed by atoms with E-state index in [0.717, 1.165) is 28.3 Å². The Kier molecular flexibility index (Phi) is 12.6. The van der Waals surface area contributed by atoms with Crippen LogP contribution in [-0.2, 0) is 38.2 Å². The number of anilines is 3. The minimum absolute atomic E-state index is 0.0322. The number of hydrogen-bond donors (Lipinski definition) is 3. The lowest BCUT2D eigenvalue weighted by molar-refractivity contribution is -0.137. The van der Waals surface area contributed by atoms with Crippen molar-refractivity contribution in [2.24, 2.45) is 0 Å². The molecule has 2 aromatic carbocycles. The van der Waals surface area contributed by atoms with Crippen LogP contribution in [0.3, 0.4) is 0 Å². The molecule has 0 radical (unpaired) electrons. The Hall–Kier alpha value is -5.95. The highest BCUT2D eigenvalue weighted by molar-refractivity contribution is 6.33. The number of ether oxygens (including phenoxy) is 2. The van der Waals surface area contributed by atoms with E-state index in [2.05, 4.69) is 26.0 Å². The van der Waals surface area contributed by atoms with Crippen LogP contribution in [0.1, 0.15) is 61.6 Å². The first kappa shape index (κ1) is 42.7. The Bertz CT molecular complexity index is 2360.